The molecule has 0 aromatic heterocycles. The van der Waals surface area contributed by atoms with Gasteiger partial charge in [-0.25, -0.2) is 0 Å². The van der Waals surface area contributed by atoms with Crippen LogP contribution in [-0.2, 0) is 4.74 Å². The molecule has 0 amide bonds. The van der Waals surface area contributed by atoms with Gasteiger partial charge in [0.1, 0.15) is 0 Å². The Hall–Kier alpha value is -0.590. The Morgan fingerprint density at radius 3 is 2.25 bits per heavy atom. The minimum Gasteiger partial charge on any atom is -0.388 e. The van der Waals surface area contributed by atoms with Gasteiger partial charge in [0, 0.05) is 19.4 Å². The van der Waals surface area contributed by atoms with Crippen LogP contribution in [0, 0.1) is 28.1 Å². The van der Waals surface area contributed by atoms with E-state index >= 15 is 0 Å². The van der Waals surface area contributed by atoms with Gasteiger partial charge >= 0.3 is 0 Å². The van der Waals surface area contributed by atoms with E-state index in [2.05, 4.69) is 33.8 Å². The van der Waals surface area contributed by atoms with Crippen molar-refractivity contribution >= 4 is 0 Å². The number of ether oxygens (including phenoxy) is 1. The van der Waals surface area contributed by atoms with Crippen molar-refractivity contribution in [1.82, 2.24) is 0 Å². The summed E-state index contributed by atoms with van der Waals surface area (Å²) in [5, 5.41) is 21.0. The van der Waals surface area contributed by atoms with Crippen LogP contribution in [0.3, 0.4) is 0 Å². The molecule has 2 atom stereocenters. The number of hydrogen-bond donors (Lipinski definition) is 1. The molecule has 1 aliphatic carbocycles. The molecule has 3 heteroatoms. The van der Waals surface area contributed by atoms with Gasteiger partial charge < -0.3 is 9.84 Å². The fourth-order valence-electron chi connectivity index (χ4n) is 3.77. The highest BCUT2D eigenvalue weighted by molar-refractivity contribution is 5.15. The Morgan fingerprint density at radius 1 is 1.15 bits per heavy atom. The van der Waals surface area contributed by atoms with Gasteiger partial charge in [-0.1, -0.05) is 27.7 Å². The van der Waals surface area contributed by atoms with Crippen LogP contribution in [0.2, 0.25) is 0 Å². The minimum absolute atomic E-state index is 0.0777. The first kappa shape index (κ1) is 15.8. The van der Waals surface area contributed by atoms with Crippen LogP contribution in [0.25, 0.3) is 0 Å². The van der Waals surface area contributed by atoms with Crippen LogP contribution in [0.4, 0.5) is 0 Å². The van der Waals surface area contributed by atoms with E-state index in [4.69, 9.17) is 4.74 Å². The minimum atomic E-state index is -0.870. The third-order valence-corrected chi connectivity index (χ3v) is 5.69. The predicted molar refractivity (Wildman–Crippen MR) is 79.1 cm³/mol. The van der Waals surface area contributed by atoms with Crippen molar-refractivity contribution < 1.29 is 9.84 Å². The van der Waals surface area contributed by atoms with Crippen molar-refractivity contribution in [3.05, 3.63) is 0 Å². The summed E-state index contributed by atoms with van der Waals surface area (Å²) in [6.07, 6.45) is 4.97. The lowest BCUT2D eigenvalue weighted by Gasteiger charge is -2.51. The van der Waals surface area contributed by atoms with Crippen molar-refractivity contribution in [2.45, 2.75) is 77.9 Å². The van der Waals surface area contributed by atoms with Crippen molar-refractivity contribution in [3.8, 4) is 6.07 Å². The maximum atomic E-state index is 11.2. The molecule has 1 saturated carbocycles. The number of rotatable bonds is 2. The average molecular weight is 279 g/mol. The van der Waals surface area contributed by atoms with Gasteiger partial charge in [0.05, 0.1) is 23.2 Å². The van der Waals surface area contributed by atoms with Crippen LogP contribution in [-0.4, -0.2) is 23.4 Å². The first-order valence-electron chi connectivity index (χ1n) is 7.99. The second kappa shape index (κ2) is 5.31. The second-order valence-corrected chi connectivity index (χ2v) is 8.00. The third-order valence-electron chi connectivity index (χ3n) is 5.69. The second-order valence-electron chi connectivity index (χ2n) is 8.00. The SMILES string of the molecule is CC(C)C1CC(O)(C2(C#N)CCC(C)(C)CC2)CCO1. The average Bonchev–Trinajstić information content (AvgIpc) is 2.39. The molecule has 0 spiro atoms. The summed E-state index contributed by atoms with van der Waals surface area (Å²) in [7, 11) is 0. The lowest BCUT2D eigenvalue weighted by molar-refractivity contribution is -0.173. The molecule has 20 heavy (non-hydrogen) atoms. The number of nitrogens with zero attached hydrogens (tertiary/aromatic N) is 1. The summed E-state index contributed by atoms with van der Waals surface area (Å²) in [6.45, 7) is 9.35. The fraction of sp³-hybridized carbons (Fsp3) is 0.941. The highest BCUT2D eigenvalue weighted by atomic mass is 16.5. The van der Waals surface area contributed by atoms with Crippen LogP contribution < -0.4 is 0 Å². The third kappa shape index (κ3) is 2.73. The predicted octanol–water partition coefficient (Wildman–Crippen LogP) is 3.66. The summed E-state index contributed by atoms with van der Waals surface area (Å²) in [5.41, 5.74) is -1.13. The van der Waals surface area contributed by atoms with Crippen LogP contribution in [0.1, 0.15) is 66.2 Å². The number of hydrogen-bond acceptors (Lipinski definition) is 3. The van der Waals surface area contributed by atoms with Gasteiger partial charge in [-0.15, -0.1) is 0 Å². The van der Waals surface area contributed by atoms with Gasteiger partial charge in [0.2, 0.25) is 0 Å². The lowest BCUT2D eigenvalue weighted by atomic mass is 9.56. The molecule has 1 N–H and O–H groups in total. The Labute approximate surface area is 123 Å². The Kier molecular flexibility index (Phi) is 4.19. The van der Waals surface area contributed by atoms with E-state index in [1.807, 2.05) is 0 Å². The monoisotopic (exact) mass is 279 g/mol. The zero-order valence-corrected chi connectivity index (χ0v) is 13.4. The number of nitriles is 1. The highest BCUT2D eigenvalue weighted by Crippen LogP contribution is 2.54. The van der Waals surface area contributed by atoms with Crippen LogP contribution in [0.5, 0.6) is 0 Å². The Bertz CT molecular complexity index is 386. The van der Waals surface area contributed by atoms with Gasteiger partial charge in [0.25, 0.3) is 0 Å². The Morgan fingerprint density at radius 2 is 1.75 bits per heavy atom. The molecule has 0 bridgehead atoms. The molecule has 2 unspecified atom stereocenters. The van der Waals surface area contributed by atoms with Crippen LogP contribution in [0.15, 0.2) is 0 Å². The molecule has 0 radical (unpaired) electrons. The number of aliphatic hydroxyl groups is 1. The quantitative estimate of drug-likeness (QED) is 0.839. The Balaban J connectivity index is 2.20. The molecular weight excluding hydrogens is 250 g/mol. The lowest BCUT2D eigenvalue weighted by Crippen LogP contribution is -2.55. The van der Waals surface area contributed by atoms with E-state index in [1.165, 1.54) is 0 Å². The smallest absolute Gasteiger partial charge is 0.0879 e. The maximum Gasteiger partial charge on any atom is 0.0879 e. The zero-order valence-electron chi connectivity index (χ0n) is 13.4. The molecule has 3 nitrogen and oxygen atoms in total. The van der Waals surface area contributed by atoms with E-state index in [1.54, 1.807) is 0 Å². The molecule has 0 aromatic carbocycles. The normalized spacial score (nSPS) is 36.5. The van der Waals surface area contributed by atoms with Gasteiger partial charge in [-0.2, -0.15) is 5.26 Å². The van der Waals surface area contributed by atoms with Crippen molar-refractivity contribution in [2.24, 2.45) is 16.7 Å². The summed E-state index contributed by atoms with van der Waals surface area (Å²) in [4.78, 5) is 0. The van der Waals surface area contributed by atoms with E-state index < -0.39 is 11.0 Å². The van der Waals surface area contributed by atoms with E-state index in [9.17, 15) is 10.4 Å². The summed E-state index contributed by atoms with van der Waals surface area (Å²) in [6, 6.07) is 2.52. The molecule has 114 valence electrons. The molecule has 2 rings (SSSR count). The van der Waals surface area contributed by atoms with Gasteiger partial charge in [-0.05, 0) is 37.0 Å². The van der Waals surface area contributed by atoms with Gasteiger partial charge in [-0.3, -0.25) is 0 Å². The highest BCUT2D eigenvalue weighted by Gasteiger charge is 2.55. The molecule has 1 saturated heterocycles. The molecule has 2 fully saturated rings. The molecule has 1 heterocycles. The molecular formula is C17H29NO2. The standard InChI is InChI=1S/C17H29NO2/c1-13(2)14-11-17(19,9-10-20-14)16(12-18)7-5-15(3,4)6-8-16/h13-14,19H,5-11H2,1-4H3. The van der Waals surface area contributed by atoms with Gasteiger partial charge in [0.15, 0.2) is 0 Å². The largest absolute Gasteiger partial charge is 0.388 e. The fourth-order valence-corrected chi connectivity index (χ4v) is 3.77. The van der Waals surface area contributed by atoms with Crippen molar-refractivity contribution in [2.75, 3.05) is 6.61 Å². The molecule has 1 aliphatic heterocycles. The first-order valence-corrected chi connectivity index (χ1v) is 7.99. The summed E-state index contributed by atoms with van der Waals surface area (Å²) < 4.78 is 5.79. The van der Waals surface area contributed by atoms with Crippen molar-refractivity contribution in [3.63, 3.8) is 0 Å². The zero-order chi connectivity index (χ0) is 15.0. The maximum absolute atomic E-state index is 11.2. The first-order chi connectivity index (χ1) is 9.24. The molecule has 0 aromatic rings. The van der Waals surface area contributed by atoms with Crippen molar-refractivity contribution in [1.29, 1.82) is 5.26 Å². The van der Waals surface area contributed by atoms with E-state index in [-0.39, 0.29) is 6.10 Å². The summed E-state index contributed by atoms with van der Waals surface area (Å²) >= 11 is 0. The van der Waals surface area contributed by atoms with E-state index in [0.29, 0.717) is 30.8 Å². The van der Waals surface area contributed by atoms with Crippen LogP contribution >= 0.6 is 0 Å². The van der Waals surface area contributed by atoms with E-state index in [0.717, 1.165) is 25.7 Å². The molecule has 2 aliphatic rings. The summed E-state index contributed by atoms with van der Waals surface area (Å²) in [5.74, 6) is 0.387. The topological polar surface area (TPSA) is 53.2 Å².